The van der Waals surface area contributed by atoms with E-state index >= 15 is 0 Å². The highest BCUT2D eigenvalue weighted by Gasteiger charge is 2.18. The lowest BCUT2D eigenvalue weighted by Crippen LogP contribution is -2.39. The Kier molecular flexibility index (Phi) is 5.16. The average molecular weight is 299 g/mol. The highest BCUT2D eigenvalue weighted by Crippen LogP contribution is 2.24. The Labute approximate surface area is 120 Å². The third-order valence-electron chi connectivity index (χ3n) is 2.83. The van der Waals surface area contributed by atoms with E-state index in [0.717, 1.165) is 11.8 Å². The van der Waals surface area contributed by atoms with E-state index in [1.165, 1.54) is 12.5 Å². The number of carbonyl (C=O) groups excluding carboxylic acids is 1. The van der Waals surface area contributed by atoms with Crippen LogP contribution in [0.4, 0.5) is 0 Å². The van der Waals surface area contributed by atoms with E-state index in [9.17, 15) is 13.2 Å². The molecular formula is C14H21NO4S. The van der Waals surface area contributed by atoms with Gasteiger partial charge >= 0.3 is 0 Å². The SMILES string of the molecule is Cc1cc(OC(C)C(=O)NS(C)(=O)=O)ccc1C(C)C. The first kappa shape index (κ1) is 16.5. The molecule has 1 amide bonds. The molecule has 6 heteroatoms. The normalized spacial score (nSPS) is 13.1. The minimum absolute atomic E-state index is 0.412. The first-order valence-electron chi connectivity index (χ1n) is 6.39. The predicted octanol–water partition coefficient (Wildman–Crippen LogP) is 1.96. The molecule has 0 saturated carbocycles. The number of ether oxygens (including phenoxy) is 1. The molecule has 0 aliphatic rings. The smallest absolute Gasteiger partial charge is 0.274 e. The third-order valence-corrected chi connectivity index (χ3v) is 3.40. The summed E-state index contributed by atoms with van der Waals surface area (Å²) in [5.41, 5.74) is 2.29. The molecule has 0 aliphatic heterocycles. The van der Waals surface area contributed by atoms with Crippen molar-refractivity contribution in [3.63, 3.8) is 0 Å². The van der Waals surface area contributed by atoms with E-state index in [1.54, 1.807) is 6.07 Å². The number of aryl methyl sites for hydroxylation is 1. The minimum atomic E-state index is -3.57. The molecule has 1 aromatic carbocycles. The second-order valence-corrected chi connectivity index (χ2v) is 6.92. The molecule has 0 spiro atoms. The molecule has 0 aromatic heterocycles. The molecule has 5 nitrogen and oxygen atoms in total. The number of rotatable bonds is 5. The van der Waals surface area contributed by atoms with E-state index in [1.807, 2.05) is 23.8 Å². The zero-order valence-electron chi connectivity index (χ0n) is 12.4. The van der Waals surface area contributed by atoms with Crippen LogP contribution in [0.25, 0.3) is 0 Å². The van der Waals surface area contributed by atoms with Crippen molar-refractivity contribution in [3.8, 4) is 5.75 Å². The topological polar surface area (TPSA) is 72.5 Å². The first-order valence-corrected chi connectivity index (χ1v) is 8.28. The predicted molar refractivity (Wildman–Crippen MR) is 78.3 cm³/mol. The fourth-order valence-corrected chi connectivity index (χ4v) is 2.42. The third kappa shape index (κ3) is 4.85. The lowest BCUT2D eigenvalue weighted by Gasteiger charge is -2.16. The van der Waals surface area contributed by atoms with Crippen LogP contribution >= 0.6 is 0 Å². The van der Waals surface area contributed by atoms with Crippen molar-refractivity contribution in [2.24, 2.45) is 0 Å². The van der Waals surface area contributed by atoms with Gasteiger partial charge in [0.2, 0.25) is 10.0 Å². The zero-order chi connectivity index (χ0) is 15.5. The number of hydrogen-bond acceptors (Lipinski definition) is 4. The fraction of sp³-hybridized carbons (Fsp3) is 0.500. The van der Waals surface area contributed by atoms with Crippen LogP contribution in [0.3, 0.4) is 0 Å². The van der Waals surface area contributed by atoms with E-state index < -0.39 is 22.0 Å². The van der Waals surface area contributed by atoms with Gasteiger partial charge in [0, 0.05) is 0 Å². The summed E-state index contributed by atoms with van der Waals surface area (Å²) in [7, 11) is -3.57. The summed E-state index contributed by atoms with van der Waals surface area (Å²) in [6.07, 6.45) is 0.0492. The molecule has 0 fully saturated rings. The summed E-state index contributed by atoms with van der Waals surface area (Å²) in [6, 6.07) is 5.59. The Morgan fingerprint density at radius 2 is 1.85 bits per heavy atom. The van der Waals surface area contributed by atoms with E-state index in [-0.39, 0.29) is 0 Å². The average Bonchev–Trinajstić information content (AvgIpc) is 2.26. The number of carbonyl (C=O) groups is 1. The monoisotopic (exact) mass is 299 g/mol. The fourth-order valence-electron chi connectivity index (χ4n) is 1.89. The van der Waals surface area contributed by atoms with Crippen LogP contribution in [-0.2, 0) is 14.8 Å². The molecule has 1 rings (SSSR count). The molecule has 20 heavy (non-hydrogen) atoms. The van der Waals surface area contributed by atoms with Crippen LogP contribution in [0.1, 0.15) is 37.8 Å². The van der Waals surface area contributed by atoms with Crippen molar-refractivity contribution in [2.75, 3.05) is 6.26 Å². The largest absolute Gasteiger partial charge is 0.481 e. The number of benzene rings is 1. The Morgan fingerprint density at radius 3 is 2.30 bits per heavy atom. The van der Waals surface area contributed by atoms with Gasteiger partial charge in [0.15, 0.2) is 6.10 Å². The Bertz CT molecular complexity index is 593. The lowest BCUT2D eigenvalue weighted by molar-refractivity contribution is -0.125. The molecule has 0 aliphatic carbocycles. The Balaban J connectivity index is 2.79. The van der Waals surface area contributed by atoms with Gasteiger partial charge in [-0.3, -0.25) is 9.52 Å². The Hall–Kier alpha value is -1.56. The molecule has 112 valence electrons. The molecule has 0 saturated heterocycles. The van der Waals surface area contributed by atoms with Crippen molar-refractivity contribution in [2.45, 2.75) is 39.7 Å². The van der Waals surface area contributed by atoms with Gasteiger partial charge in [-0.25, -0.2) is 8.42 Å². The second kappa shape index (κ2) is 6.26. The maximum atomic E-state index is 11.6. The van der Waals surface area contributed by atoms with Crippen molar-refractivity contribution in [1.82, 2.24) is 4.72 Å². The maximum Gasteiger partial charge on any atom is 0.274 e. The highest BCUT2D eigenvalue weighted by atomic mass is 32.2. The molecule has 0 bridgehead atoms. The molecular weight excluding hydrogens is 278 g/mol. The van der Waals surface area contributed by atoms with E-state index in [4.69, 9.17) is 4.74 Å². The quantitative estimate of drug-likeness (QED) is 0.902. The number of hydrogen-bond donors (Lipinski definition) is 1. The first-order chi connectivity index (χ1) is 9.10. The molecule has 0 radical (unpaired) electrons. The van der Waals surface area contributed by atoms with Gasteiger partial charge < -0.3 is 4.74 Å². The van der Waals surface area contributed by atoms with Crippen molar-refractivity contribution in [1.29, 1.82) is 0 Å². The number of amides is 1. The summed E-state index contributed by atoms with van der Waals surface area (Å²) in [5, 5.41) is 0. The van der Waals surface area contributed by atoms with Gasteiger partial charge in [-0.1, -0.05) is 19.9 Å². The van der Waals surface area contributed by atoms with Gasteiger partial charge in [-0.2, -0.15) is 0 Å². The van der Waals surface area contributed by atoms with Gasteiger partial charge in [-0.15, -0.1) is 0 Å². The van der Waals surface area contributed by atoms with Crippen molar-refractivity contribution in [3.05, 3.63) is 29.3 Å². The Morgan fingerprint density at radius 1 is 1.25 bits per heavy atom. The van der Waals surface area contributed by atoms with Crippen LogP contribution in [0.5, 0.6) is 5.75 Å². The van der Waals surface area contributed by atoms with Gasteiger partial charge in [0.05, 0.1) is 6.26 Å². The summed E-state index contributed by atoms with van der Waals surface area (Å²) >= 11 is 0. The van der Waals surface area contributed by atoms with Crippen LogP contribution in [0.15, 0.2) is 18.2 Å². The summed E-state index contributed by atoms with van der Waals surface area (Å²) in [4.78, 5) is 11.6. The van der Waals surface area contributed by atoms with Gasteiger partial charge in [0.1, 0.15) is 5.75 Å². The summed E-state index contributed by atoms with van der Waals surface area (Å²) < 4.78 is 29.3. The highest BCUT2D eigenvalue weighted by molar-refractivity contribution is 7.89. The molecule has 1 aromatic rings. The molecule has 0 heterocycles. The van der Waals surface area contributed by atoms with Crippen LogP contribution in [0.2, 0.25) is 0 Å². The van der Waals surface area contributed by atoms with Crippen molar-refractivity contribution < 1.29 is 17.9 Å². The molecule has 1 unspecified atom stereocenters. The van der Waals surface area contributed by atoms with E-state index in [2.05, 4.69) is 13.8 Å². The van der Waals surface area contributed by atoms with Gasteiger partial charge in [0.25, 0.3) is 5.91 Å². The van der Waals surface area contributed by atoms with E-state index in [0.29, 0.717) is 11.7 Å². The van der Waals surface area contributed by atoms with Crippen molar-refractivity contribution >= 4 is 15.9 Å². The molecule has 1 atom stereocenters. The zero-order valence-corrected chi connectivity index (χ0v) is 13.2. The summed E-state index contributed by atoms with van der Waals surface area (Å²) in [5.74, 6) is 0.274. The van der Waals surface area contributed by atoms with Crippen LogP contribution in [0, 0.1) is 6.92 Å². The second-order valence-electron chi connectivity index (χ2n) is 5.17. The van der Waals surface area contributed by atoms with Crippen LogP contribution < -0.4 is 9.46 Å². The maximum absolute atomic E-state index is 11.6. The standard InChI is InChI=1S/C14H21NO4S/c1-9(2)13-7-6-12(8-10(13)3)19-11(4)14(16)15-20(5,17)18/h6-9,11H,1-5H3,(H,15,16). The van der Waals surface area contributed by atoms with Crippen LogP contribution in [-0.4, -0.2) is 26.7 Å². The lowest BCUT2D eigenvalue weighted by atomic mass is 9.98. The number of nitrogens with one attached hydrogen (secondary N) is 1. The van der Waals surface area contributed by atoms with Gasteiger partial charge in [-0.05, 0) is 43.0 Å². The minimum Gasteiger partial charge on any atom is -0.481 e. The summed E-state index contributed by atoms with van der Waals surface area (Å²) in [6.45, 7) is 7.69. The molecule has 1 N–H and O–H groups in total. The number of sulfonamides is 1.